The van der Waals surface area contributed by atoms with E-state index in [9.17, 15) is 5.11 Å². The van der Waals surface area contributed by atoms with Gasteiger partial charge in [-0.2, -0.15) is 0 Å². The average Bonchev–Trinajstić information content (AvgIpc) is 3.05. The van der Waals surface area contributed by atoms with Crippen LogP contribution in [0.2, 0.25) is 0 Å². The van der Waals surface area contributed by atoms with Crippen LogP contribution in [0.5, 0.6) is 0 Å². The van der Waals surface area contributed by atoms with E-state index < -0.39 is 0 Å². The normalized spacial score (nSPS) is 23.5. The summed E-state index contributed by atoms with van der Waals surface area (Å²) in [7, 11) is 2.27. The van der Waals surface area contributed by atoms with Crippen molar-refractivity contribution in [1.29, 1.82) is 0 Å². The number of nitrogens with zero attached hydrogens (tertiary/aromatic N) is 2. The van der Waals surface area contributed by atoms with Gasteiger partial charge in [0.2, 0.25) is 0 Å². The fourth-order valence-electron chi connectivity index (χ4n) is 4.04. The van der Waals surface area contributed by atoms with E-state index in [0.717, 1.165) is 38.4 Å². The van der Waals surface area contributed by atoms with Crippen LogP contribution in [-0.2, 0) is 13.0 Å². The number of aryl methyl sites for hydroxylation is 1. The molecule has 1 aromatic heterocycles. The molecule has 20 heavy (non-hydrogen) atoms. The zero-order valence-electron chi connectivity index (χ0n) is 12.9. The largest absolute Gasteiger partial charge is 0.388 e. The Kier molecular flexibility index (Phi) is 4.18. The van der Waals surface area contributed by atoms with Crippen LogP contribution < -0.4 is 0 Å². The molecular formula is C17H28N2O. The zero-order chi connectivity index (χ0) is 14.1. The Hall–Kier alpha value is -0.800. The summed E-state index contributed by atoms with van der Waals surface area (Å²) in [6.07, 6.45) is 8.50. The summed E-state index contributed by atoms with van der Waals surface area (Å²) in [5.41, 5.74) is 3.90. The number of likely N-dealkylation sites (N-methyl/N-ethyl adjacent to an activating group) is 1. The highest BCUT2D eigenvalue weighted by molar-refractivity contribution is 5.31. The number of aliphatic hydroxyl groups is 1. The van der Waals surface area contributed by atoms with Crippen molar-refractivity contribution in [1.82, 2.24) is 9.47 Å². The van der Waals surface area contributed by atoms with Crippen LogP contribution in [-0.4, -0.2) is 34.2 Å². The lowest BCUT2D eigenvalue weighted by Gasteiger charge is -2.26. The molecule has 0 saturated heterocycles. The molecule has 2 aliphatic rings. The first-order valence-electron chi connectivity index (χ1n) is 8.24. The minimum atomic E-state index is -0.230. The molecule has 112 valence electrons. The van der Waals surface area contributed by atoms with Crippen molar-refractivity contribution >= 4 is 0 Å². The molecule has 2 aliphatic carbocycles. The van der Waals surface area contributed by atoms with Gasteiger partial charge in [0, 0.05) is 36.1 Å². The fraction of sp³-hybridized carbons (Fsp3) is 0.765. The first-order valence-corrected chi connectivity index (χ1v) is 8.24. The van der Waals surface area contributed by atoms with E-state index in [-0.39, 0.29) is 6.10 Å². The average molecular weight is 276 g/mol. The highest BCUT2D eigenvalue weighted by atomic mass is 16.3. The maximum absolute atomic E-state index is 10.1. The zero-order valence-corrected chi connectivity index (χ0v) is 12.9. The predicted octanol–water partition coefficient (Wildman–Crippen LogP) is 3.04. The predicted molar refractivity (Wildman–Crippen MR) is 82.0 cm³/mol. The van der Waals surface area contributed by atoms with Crippen LogP contribution in [0.3, 0.4) is 0 Å². The first-order chi connectivity index (χ1) is 9.66. The summed E-state index contributed by atoms with van der Waals surface area (Å²) >= 11 is 0. The molecule has 1 fully saturated rings. The van der Waals surface area contributed by atoms with Gasteiger partial charge < -0.3 is 14.6 Å². The molecule has 3 heteroatoms. The van der Waals surface area contributed by atoms with Crippen molar-refractivity contribution < 1.29 is 5.11 Å². The Morgan fingerprint density at radius 1 is 1.25 bits per heavy atom. The molecule has 3 rings (SSSR count). The smallest absolute Gasteiger partial charge is 0.0807 e. The SMILES string of the molecule is Cc1cc2c(n1CCN(C)C1CCCC1)CCCC2O. The van der Waals surface area contributed by atoms with E-state index >= 15 is 0 Å². The second-order valence-corrected chi connectivity index (χ2v) is 6.67. The van der Waals surface area contributed by atoms with Gasteiger partial charge in [-0.15, -0.1) is 0 Å². The second kappa shape index (κ2) is 5.90. The summed E-state index contributed by atoms with van der Waals surface area (Å²) in [6.45, 7) is 4.38. The van der Waals surface area contributed by atoms with Crippen molar-refractivity contribution in [2.24, 2.45) is 0 Å². The van der Waals surface area contributed by atoms with E-state index in [4.69, 9.17) is 0 Å². The van der Waals surface area contributed by atoms with Crippen LogP contribution in [0.15, 0.2) is 6.07 Å². The van der Waals surface area contributed by atoms with E-state index in [1.165, 1.54) is 42.6 Å². The van der Waals surface area contributed by atoms with Gasteiger partial charge in [-0.3, -0.25) is 0 Å². The van der Waals surface area contributed by atoms with Gasteiger partial charge in [0.15, 0.2) is 0 Å². The summed E-state index contributed by atoms with van der Waals surface area (Å²) < 4.78 is 2.45. The van der Waals surface area contributed by atoms with Crippen LogP contribution in [0, 0.1) is 6.92 Å². The Morgan fingerprint density at radius 2 is 2.00 bits per heavy atom. The standard InChI is InChI=1S/C17H28N2O/c1-13-12-15-16(8-5-9-17(15)20)19(13)11-10-18(2)14-6-3-4-7-14/h12,14,17,20H,3-11H2,1-2H3. The molecule has 1 heterocycles. The highest BCUT2D eigenvalue weighted by Crippen LogP contribution is 2.32. The molecule has 0 bridgehead atoms. The van der Waals surface area contributed by atoms with Crippen molar-refractivity contribution in [3.8, 4) is 0 Å². The molecule has 0 spiro atoms. The van der Waals surface area contributed by atoms with Gasteiger partial charge in [-0.1, -0.05) is 12.8 Å². The van der Waals surface area contributed by atoms with Crippen LogP contribution in [0.4, 0.5) is 0 Å². The third-order valence-electron chi connectivity index (χ3n) is 5.32. The topological polar surface area (TPSA) is 28.4 Å². The number of hydrogen-bond donors (Lipinski definition) is 1. The molecule has 0 aromatic carbocycles. The lowest BCUT2D eigenvalue weighted by molar-refractivity contribution is 0.155. The number of aromatic nitrogens is 1. The van der Waals surface area contributed by atoms with E-state index in [2.05, 4.69) is 29.5 Å². The van der Waals surface area contributed by atoms with Gasteiger partial charge >= 0.3 is 0 Å². The molecule has 1 N–H and O–H groups in total. The Balaban J connectivity index is 1.68. The third-order valence-corrected chi connectivity index (χ3v) is 5.32. The Morgan fingerprint density at radius 3 is 2.75 bits per heavy atom. The molecule has 1 aromatic rings. The first kappa shape index (κ1) is 14.2. The van der Waals surface area contributed by atoms with Gasteiger partial charge in [-0.05, 0) is 52.1 Å². The van der Waals surface area contributed by atoms with E-state index in [1.54, 1.807) is 0 Å². The Bertz CT molecular complexity index is 460. The summed E-state index contributed by atoms with van der Waals surface area (Å²) in [4.78, 5) is 2.54. The monoisotopic (exact) mass is 276 g/mol. The van der Waals surface area contributed by atoms with Crippen LogP contribution in [0.25, 0.3) is 0 Å². The second-order valence-electron chi connectivity index (χ2n) is 6.67. The quantitative estimate of drug-likeness (QED) is 0.915. The van der Waals surface area contributed by atoms with E-state index in [1.807, 2.05) is 0 Å². The molecule has 1 saturated carbocycles. The molecule has 0 amide bonds. The number of hydrogen-bond acceptors (Lipinski definition) is 2. The van der Waals surface area contributed by atoms with Gasteiger partial charge in [0.1, 0.15) is 0 Å². The summed E-state index contributed by atoms with van der Waals surface area (Å²) in [5, 5.41) is 10.1. The summed E-state index contributed by atoms with van der Waals surface area (Å²) in [5.74, 6) is 0. The number of fused-ring (bicyclic) bond motifs is 1. The van der Waals surface area contributed by atoms with Crippen molar-refractivity contribution in [2.45, 2.75) is 70.6 Å². The fourth-order valence-corrected chi connectivity index (χ4v) is 4.04. The van der Waals surface area contributed by atoms with Crippen molar-refractivity contribution in [3.05, 3.63) is 23.0 Å². The minimum absolute atomic E-state index is 0.230. The number of aliphatic hydroxyl groups excluding tert-OH is 1. The molecule has 1 unspecified atom stereocenters. The van der Waals surface area contributed by atoms with Gasteiger partial charge in [0.25, 0.3) is 0 Å². The maximum Gasteiger partial charge on any atom is 0.0807 e. The minimum Gasteiger partial charge on any atom is -0.388 e. The molecule has 3 nitrogen and oxygen atoms in total. The van der Waals surface area contributed by atoms with Crippen LogP contribution in [0.1, 0.15) is 61.6 Å². The van der Waals surface area contributed by atoms with Gasteiger partial charge in [-0.25, -0.2) is 0 Å². The van der Waals surface area contributed by atoms with Crippen molar-refractivity contribution in [3.63, 3.8) is 0 Å². The molecule has 0 aliphatic heterocycles. The highest BCUT2D eigenvalue weighted by Gasteiger charge is 2.24. The summed E-state index contributed by atoms with van der Waals surface area (Å²) in [6, 6.07) is 3.00. The lowest BCUT2D eigenvalue weighted by Crippen LogP contribution is -2.32. The van der Waals surface area contributed by atoms with Crippen molar-refractivity contribution in [2.75, 3.05) is 13.6 Å². The maximum atomic E-state index is 10.1. The molecule has 1 atom stereocenters. The van der Waals surface area contributed by atoms with Crippen LogP contribution >= 0.6 is 0 Å². The molecular weight excluding hydrogens is 248 g/mol. The molecule has 0 radical (unpaired) electrons. The Labute approximate surface area is 122 Å². The van der Waals surface area contributed by atoms with Gasteiger partial charge in [0.05, 0.1) is 6.10 Å². The third kappa shape index (κ3) is 2.66. The van der Waals surface area contributed by atoms with E-state index in [0.29, 0.717) is 0 Å². The lowest BCUT2D eigenvalue weighted by atomic mass is 9.95. The number of rotatable bonds is 4.